The van der Waals surface area contributed by atoms with Crippen LogP contribution in [0, 0.1) is 0 Å². The molecule has 0 saturated heterocycles. The van der Waals surface area contributed by atoms with E-state index in [4.69, 9.17) is 0 Å². The van der Waals surface area contributed by atoms with Crippen molar-refractivity contribution in [2.75, 3.05) is 7.11 Å². The Bertz CT molecular complexity index is 453. The third-order valence-corrected chi connectivity index (χ3v) is 1.96. The van der Waals surface area contributed by atoms with Gasteiger partial charge in [0.2, 0.25) is 5.91 Å². The van der Waals surface area contributed by atoms with Gasteiger partial charge in [0, 0.05) is 7.11 Å². The highest BCUT2D eigenvalue weighted by molar-refractivity contribution is 5.76. The van der Waals surface area contributed by atoms with Gasteiger partial charge in [-0.15, -0.1) is 0 Å². The second kappa shape index (κ2) is 5.67. The van der Waals surface area contributed by atoms with Gasteiger partial charge in [0.15, 0.2) is 11.9 Å². The molecule has 18 heavy (non-hydrogen) atoms. The molecule has 0 aliphatic heterocycles. The molecule has 1 heterocycles. The lowest BCUT2D eigenvalue weighted by atomic mass is 10.2. The maximum atomic E-state index is 12.3. The number of aromatic nitrogens is 2. The van der Waals surface area contributed by atoms with Gasteiger partial charge in [-0.05, 0) is 0 Å². The number of halogens is 3. The van der Waals surface area contributed by atoms with Crippen LogP contribution in [0.15, 0.2) is 9.32 Å². The summed E-state index contributed by atoms with van der Waals surface area (Å²) in [6.07, 6.45) is -7.66. The second-order valence-electron chi connectivity index (χ2n) is 3.29. The van der Waals surface area contributed by atoms with E-state index in [1.165, 1.54) is 0 Å². The first kappa shape index (κ1) is 14.2. The van der Waals surface area contributed by atoms with Crippen LogP contribution in [0.5, 0.6) is 0 Å². The van der Waals surface area contributed by atoms with E-state index in [9.17, 15) is 22.8 Å². The van der Waals surface area contributed by atoms with Gasteiger partial charge in [-0.2, -0.15) is 13.2 Å². The van der Waals surface area contributed by atoms with Crippen molar-refractivity contribution in [2.45, 2.75) is 25.2 Å². The molecule has 0 radical (unpaired) electrons. The fourth-order valence-corrected chi connectivity index (χ4v) is 1.09. The SMILES string of the molecule is COC(CC(=O)NCc1noc(=O)[nH]1)C(F)(F)F. The molecule has 102 valence electrons. The highest BCUT2D eigenvalue weighted by Crippen LogP contribution is 2.24. The van der Waals surface area contributed by atoms with Crippen molar-refractivity contribution >= 4 is 5.91 Å². The highest BCUT2D eigenvalue weighted by atomic mass is 19.4. The molecular weight excluding hydrogens is 259 g/mol. The van der Waals surface area contributed by atoms with Crippen molar-refractivity contribution in [2.24, 2.45) is 0 Å². The fraction of sp³-hybridized carbons (Fsp3) is 0.625. The number of amides is 1. The largest absolute Gasteiger partial charge is 0.438 e. The number of nitrogens with one attached hydrogen (secondary N) is 2. The first-order valence-electron chi connectivity index (χ1n) is 4.74. The van der Waals surface area contributed by atoms with Gasteiger partial charge < -0.3 is 10.1 Å². The third-order valence-electron chi connectivity index (χ3n) is 1.96. The minimum atomic E-state index is -4.62. The molecule has 1 aromatic heterocycles. The topological polar surface area (TPSA) is 97.2 Å². The van der Waals surface area contributed by atoms with Crippen LogP contribution < -0.4 is 11.1 Å². The van der Waals surface area contributed by atoms with Crippen molar-refractivity contribution in [1.82, 2.24) is 15.5 Å². The summed E-state index contributed by atoms with van der Waals surface area (Å²) in [5.74, 6) is -1.69. The summed E-state index contributed by atoms with van der Waals surface area (Å²) in [6, 6.07) is 0. The average Bonchev–Trinajstić information content (AvgIpc) is 2.67. The van der Waals surface area contributed by atoms with Crippen molar-refractivity contribution in [3.63, 3.8) is 0 Å². The Morgan fingerprint density at radius 3 is 2.72 bits per heavy atom. The van der Waals surface area contributed by atoms with Gasteiger partial charge >= 0.3 is 11.9 Å². The van der Waals surface area contributed by atoms with Crippen molar-refractivity contribution in [1.29, 1.82) is 0 Å². The zero-order valence-corrected chi connectivity index (χ0v) is 9.21. The standard InChI is InChI=1S/C8H10F3N3O4/c1-17-4(8(9,10)11)2-6(15)12-3-5-13-7(16)18-14-5/h4H,2-3H2,1H3,(H,12,15)(H,13,14,16). The predicted octanol–water partition coefficient (Wildman–Crippen LogP) is -0.0535. The minimum absolute atomic E-state index is 0.00863. The second-order valence-corrected chi connectivity index (χ2v) is 3.29. The summed E-state index contributed by atoms with van der Waals surface area (Å²) in [7, 11) is 0.862. The smallest absolute Gasteiger partial charge is 0.371 e. The van der Waals surface area contributed by atoms with Crippen LogP contribution in [0.3, 0.4) is 0 Å². The van der Waals surface area contributed by atoms with Crippen LogP contribution in [0.25, 0.3) is 0 Å². The number of ether oxygens (including phenoxy) is 1. The molecule has 0 aromatic carbocycles. The van der Waals surface area contributed by atoms with Crippen LogP contribution in [0.4, 0.5) is 13.2 Å². The summed E-state index contributed by atoms with van der Waals surface area (Å²) in [5.41, 5.74) is 0. The van der Waals surface area contributed by atoms with Gasteiger partial charge in [-0.3, -0.25) is 14.3 Å². The number of rotatable bonds is 5. The third kappa shape index (κ3) is 4.20. The molecule has 10 heteroatoms. The summed E-state index contributed by atoms with van der Waals surface area (Å²) in [4.78, 5) is 23.8. The van der Waals surface area contributed by atoms with Gasteiger partial charge in [0.25, 0.3) is 0 Å². The zero-order chi connectivity index (χ0) is 13.8. The van der Waals surface area contributed by atoms with Crippen molar-refractivity contribution < 1.29 is 27.2 Å². The Balaban J connectivity index is 2.44. The molecule has 7 nitrogen and oxygen atoms in total. The highest BCUT2D eigenvalue weighted by Gasteiger charge is 2.41. The maximum absolute atomic E-state index is 12.3. The number of aromatic amines is 1. The van der Waals surface area contributed by atoms with Crippen molar-refractivity contribution in [3.05, 3.63) is 16.4 Å². The molecule has 0 bridgehead atoms. The van der Waals surface area contributed by atoms with E-state index in [0.29, 0.717) is 0 Å². The number of carbonyl (C=O) groups is 1. The van der Waals surface area contributed by atoms with E-state index in [0.717, 1.165) is 7.11 Å². The summed E-state index contributed by atoms with van der Waals surface area (Å²) >= 11 is 0. The van der Waals surface area contributed by atoms with E-state index >= 15 is 0 Å². The number of methoxy groups -OCH3 is 1. The number of alkyl halides is 3. The van der Waals surface area contributed by atoms with E-state index in [1.54, 1.807) is 0 Å². The molecule has 0 spiro atoms. The molecule has 2 N–H and O–H groups in total. The first-order valence-corrected chi connectivity index (χ1v) is 4.74. The number of carbonyl (C=O) groups excluding carboxylic acids is 1. The average molecular weight is 269 g/mol. The zero-order valence-electron chi connectivity index (χ0n) is 9.21. The van der Waals surface area contributed by atoms with E-state index < -0.39 is 30.4 Å². The van der Waals surface area contributed by atoms with E-state index in [2.05, 4.69) is 24.7 Å². The van der Waals surface area contributed by atoms with Crippen LogP contribution >= 0.6 is 0 Å². The normalized spacial score (nSPS) is 13.3. The molecule has 1 rings (SSSR count). The summed E-state index contributed by atoms with van der Waals surface area (Å²) < 4.78 is 45.1. The van der Waals surface area contributed by atoms with Crippen LogP contribution in [-0.4, -0.2) is 35.4 Å². The van der Waals surface area contributed by atoms with Gasteiger partial charge in [-0.1, -0.05) is 5.16 Å². The summed E-state index contributed by atoms with van der Waals surface area (Å²) in [6.45, 7) is -0.237. The number of H-pyrrole nitrogens is 1. The Labute approximate surface area is 98.3 Å². The van der Waals surface area contributed by atoms with E-state index in [1.807, 2.05) is 0 Å². The van der Waals surface area contributed by atoms with E-state index in [-0.39, 0.29) is 12.4 Å². The fourth-order valence-electron chi connectivity index (χ4n) is 1.09. The van der Waals surface area contributed by atoms with Gasteiger partial charge in [0.05, 0.1) is 13.0 Å². The van der Waals surface area contributed by atoms with Gasteiger partial charge in [0.1, 0.15) is 0 Å². The molecule has 1 atom stereocenters. The monoisotopic (exact) mass is 269 g/mol. The summed E-state index contributed by atoms with van der Waals surface area (Å²) in [5, 5.41) is 5.36. The quantitative estimate of drug-likeness (QED) is 0.780. The van der Waals surface area contributed by atoms with Crippen LogP contribution in [-0.2, 0) is 16.1 Å². The number of hydrogen-bond acceptors (Lipinski definition) is 5. The Hall–Kier alpha value is -1.84. The molecule has 0 aliphatic rings. The Morgan fingerprint density at radius 2 is 2.28 bits per heavy atom. The lowest BCUT2D eigenvalue weighted by molar-refractivity contribution is -0.214. The molecule has 0 fully saturated rings. The molecule has 0 saturated carbocycles. The molecular formula is C8H10F3N3O4. The molecule has 0 aliphatic carbocycles. The Morgan fingerprint density at radius 1 is 1.61 bits per heavy atom. The van der Waals surface area contributed by atoms with Gasteiger partial charge in [-0.25, -0.2) is 4.79 Å². The predicted molar refractivity (Wildman–Crippen MR) is 50.4 cm³/mol. The number of hydrogen-bond donors (Lipinski definition) is 2. The Kier molecular flexibility index (Phi) is 4.48. The number of nitrogens with zero attached hydrogens (tertiary/aromatic N) is 1. The van der Waals surface area contributed by atoms with Crippen LogP contribution in [0.2, 0.25) is 0 Å². The van der Waals surface area contributed by atoms with Crippen LogP contribution in [0.1, 0.15) is 12.2 Å². The molecule has 1 amide bonds. The lowest BCUT2D eigenvalue weighted by Gasteiger charge is -2.17. The first-order chi connectivity index (χ1) is 8.32. The molecule has 1 aromatic rings. The van der Waals surface area contributed by atoms with Crippen molar-refractivity contribution in [3.8, 4) is 0 Å². The lowest BCUT2D eigenvalue weighted by Crippen LogP contribution is -2.36. The minimum Gasteiger partial charge on any atom is -0.371 e. The molecule has 1 unspecified atom stereocenters. The maximum Gasteiger partial charge on any atom is 0.438 e.